The summed E-state index contributed by atoms with van der Waals surface area (Å²) in [4.78, 5) is 12.1. The number of piperazine rings is 1. The van der Waals surface area contributed by atoms with Crippen LogP contribution in [0.5, 0.6) is 11.5 Å². The number of benzene rings is 1. The number of likely N-dealkylation sites (N-methyl/N-ethyl adjacent to an activating group) is 1. The highest BCUT2D eigenvalue weighted by Crippen LogP contribution is 2.25. The SMILES string of the molecule is CCNC(=NCC(C)N1CCN(CC)CC1)N(C)Cc1ccc(OC)cc1OC.I. The number of guanidine groups is 1. The first-order valence-corrected chi connectivity index (χ1v) is 10.7. The van der Waals surface area contributed by atoms with E-state index in [0.29, 0.717) is 12.6 Å². The lowest BCUT2D eigenvalue weighted by Gasteiger charge is -2.37. The molecule has 0 saturated carbocycles. The van der Waals surface area contributed by atoms with Crippen molar-refractivity contribution >= 4 is 29.9 Å². The van der Waals surface area contributed by atoms with Gasteiger partial charge in [0.1, 0.15) is 11.5 Å². The van der Waals surface area contributed by atoms with Gasteiger partial charge in [0, 0.05) is 64.0 Å². The molecule has 1 aliphatic heterocycles. The summed E-state index contributed by atoms with van der Waals surface area (Å²) in [5, 5.41) is 3.42. The van der Waals surface area contributed by atoms with Crippen LogP contribution in [-0.2, 0) is 6.54 Å². The van der Waals surface area contributed by atoms with Crippen molar-refractivity contribution in [1.82, 2.24) is 20.0 Å². The van der Waals surface area contributed by atoms with Crippen molar-refractivity contribution < 1.29 is 9.47 Å². The van der Waals surface area contributed by atoms with E-state index in [1.807, 2.05) is 18.2 Å². The molecule has 1 aromatic carbocycles. The van der Waals surface area contributed by atoms with Gasteiger partial charge in [0.05, 0.1) is 20.8 Å². The lowest BCUT2D eigenvalue weighted by Crippen LogP contribution is -2.50. The van der Waals surface area contributed by atoms with Gasteiger partial charge in [-0.15, -0.1) is 24.0 Å². The van der Waals surface area contributed by atoms with Crippen molar-refractivity contribution in [1.29, 1.82) is 0 Å². The van der Waals surface area contributed by atoms with Crippen LogP contribution in [0.25, 0.3) is 0 Å². The van der Waals surface area contributed by atoms with Crippen LogP contribution in [0.4, 0.5) is 0 Å². The average molecular weight is 533 g/mol. The number of rotatable bonds is 9. The predicted octanol–water partition coefficient (Wildman–Crippen LogP) is 2.75. The molecule has 1 unspecified atom stereocenters. The second kappa shape index (κ2) is 13.9. The summed E-state index contributed by atoms with van der Waals surface area (Å²) in [6.07, 6.45) is 0. The number of nitrogens with one attached hydrogen (secondary N) is 1. The van der Waals surface area contributed by atoms with E-state index < -0.39 is 0 Å². The number of methoxy groups -OCH3 is 2. The van der Waals surface area contributed by atoms with Crippen molar-refractivity contribution in [3.8, 4) is 11.5 Å². The molecule has 8 heteroatoms. The molecule has 0 spiro atoms. The maximum Gasteiger partial charge on any atom is 0.194 e. The minimum absolute atomic E-state index is 0. The van der Waals surface area contributed by atoms with Gasteiger partial charge in [-0.1, -0.05) is 6.92 Å². The molecule has 0 aliphatic carbocycles. The number of aliphatic imine (C=N–C) groups is 1. The quantitative estimate of drug-likeness (QED) is 0.300. The predicted molar refractivity (Wildman–Crippen MR) is 136 cm³/mol. The van der Waals surface area contributed by atoms with E-state index in [-0.39, 0.29) is 24.0 Å². The zero-order valence-corrected chi connectivity index (χ0v) is 21.8. The summed E-state index contributed by atoms with van der Waals surface area (Å²) in [6.45, 7) is 14.7. The van der Waals surface area contributed by atoms with Gasteiger partial charge in [-0.3, -0.25) is 9.89 Å². The van der Waals surface area contributed by atoms with Crippen LogP contribution >= 0.6 is 24.0 Å². The first-order chi connectivity index (χ1) is 14.0. The first kappa shape index (κ1) is 26.8. The smallest absolute Gasteiger partial charge is 0.194 e. The van der Waals surface area contributed by atoms with Gasteiger partial charge in [0.15, 0.2) is 5.96 Å². The topological polar surface area (TPSA) is 52.6 Å². The van der Waals surface area contributed by atoms with E-state index in [1.54, 1.807) is 14.2 Å². The van der Waals surface area contributed by atoms with Gasteiger partial charge in [-0.05, 0) is 32.5 Å². The standard InChI is InChI=1S/C22H39N5O2.HI/c1-7-23-22(24-16-18(3)27-13-11-26(8-2)12-14-27)25(4)17-19-9-10-20(28-5)15-21(19)29-6;/h9-10,15,18H,7-8,11-14,16-17H2,1-6H3,(H,23,24);1H. The number of hydrogen-bond acceptors (Lipinski definition) is 5. The van der Waals surface area contributed by atoms with Crippen molar-refractivity contribution in [2.45, 2.75) is 33.4 Å². The van der Waals surface area contributed by atoms with E-state index >= 15 is 0 Å². The summed E-state index contributed by atoms with van der Waals surface area (Å²) in [5.41, 5.74) is 1.10. The van der Waals surface area contributed by atoms with E-state index in [9.17, 15) is 0 Å². The number of nitrogens with zero attached hydrogens (tertiary/aromatic N) is 4. The third-order valence-corrected chi connectivity index (χ3v) is 5.58. The zero-order chi connectivity index (χ0) is 21.2. The van der Waals surface area contributed by atoms with Crippen LogP contribution in [0, 0.1) is 0 Å². The molecule has 7 nitrogen and oxygen atoms in total. The van der Waals surface area contributed by atoms with Gasteiger partial charge < -0.3 is 24.6 Å². The molecule has 0 radical (unpaired) electrons. The Kier molecular flexibility index (Phi) is 12.4. The largest absolute Gasteiger partial charge is 0.497 e. The molecule has 0 amide bonds. The molecule has 1 N–H and O–H groups in total. The monoisotopic (exact) mass is 533 g/mol. The van der Waals surface area contributed by atoms with Crippen LogP contribution in [0.1, 0.15) is 26.3 Å². The molecule has 0 aromatic heterocycles. The third kappa shape index (κ3) is 7.77. The van der Waals surface area contributed by atoms with Gasteiger partial charge in [0.2, 0.25) is 0 Å². The Morgan fingerprint density at radius 2 is 1.87 bits per heavy atom. The summed E-state index contributed by atoms with van der Waals surface area (Å²) in [6, 6.07) is 6.37. The fourth-order valence-corrected chi connectivity index (χ4v) is 3.64. The maximum absolute atomic E-state index is 5.55. The summed E-state index contributed by atoms with van der Waals surface area (Å²) < 4.78 is 10.8. The number of hydrogen-bond donors (Lipinski definition) is 1. The summed E-state index contributed by atoms with van der Waals surface area (Å²) >= 11 is 0. The third-order valence-electron chi connectivity index (χ3n) is 5.58. The van der Waals surface area contributed by atoms with Crippen LogP contribution in [0.15, 0.2) is 23.2 Å². The lowest BCUT2D eigenvalue weighted by atomic mass is 10.2. The van der Waals surface area contributed by atoms with E-state index in [1.165, 1.54) is 0 Å². The van der Waals surface area contributed by atoms with Gasteiger partial charge in [-0.25, -0.2) is 0 Å². The molecule has 1 fully saturated rings. The summed E-state index contributed by atoms with van der Waals surface area (Å²) in [7, 11) is 5.42. The minimum atomic E-state index is 0. The first-order valence-electron chi connectivity index (χ1n) is 10.7. The molecule has 172 valence electrons. The normalized spacial score (nSPS) is 16.5. The average Bonchev–Trinajstić information content (AvgIpc) is 2.76. The van der Waals surface area contributed by atoms with Gasteiger partial charge in [0.25, 0.3) is 0 Å². The zero-order valence-electron chi connectivity index (χ0n) is 19.5. The fourth-order valence-electron chi connectivity index (χ4n) is 3.64. The molecular weight excluding hydrogens is 493 g/mol. The Morgan fingerprint density at radius 3 is 2.43 bits per heavy atom. The minimum Gasteiger partial charge on any atom is -0.497 e. The van der Waals surface area contributed by atoms with Gasteiger partial charge in [-0.2, -0.15) is 0 Å². The molecule has 1 saturated heterocycles. The van der Waals surface area contributed by atoms with Crippen LogP contribution in [-0.4, -0.2) is 93.8 Å². The fraction of sp³-hybridized carbons (Fsp3) is 0.682. The molecule has 1 aliphatic rings. The van der Waals surface area contributed by atoms with Crippen LogP contribution in [0.2, 0.25) is 0 Å². The Morgan fingerprint density at radius 1 is 1.17 bits per heavy atom. The highest BCUT2D eigenvalue weighted by molar-refractivity contribution is 14.0. The van der Waals surface area contributed by atoms with Crippen molar-refractivity contribution in [3.63, 3.8) is 0 Å². The molecular formula is C22H40IN5O2. The molecule has 1 aromatic rings. The Hall–Kier alpha value is -1.26. The lowest BCUT2D eigenvalue weighted by molar-refractivity contribution is 0.109. The Labute approximate surface area is 199 Å². The van der Waals surface area contributed by atoms with Crippen molar-refractivity contribution in [2.24, 2.45) is 4.99 Å². The molecule has 1 atom stereocenters. The van der Waals surface area contributed by atoms with Crippen molar-refractivity contribution in [2.75, 3.05) is 67.1 Å². The number of ether oxygens (including phenoxy) is 2. The highest BCUT2D eigenvalue weighted by Gasteiger charge is 2.20. The Bertz CT molecular complexity index is 650. The van der Waals surface area contributed by atoms with Crippen molar-refractivity contribution in [3.05, 3.63) is 23.8 Å². The van der Waals surface area contributed by atoms with Crippen LogP contribution < -0.4 is 14.8 Å². The maximum atomic E-state index is 5.55. The Balaban J connectivity index is 0.00000450. The van der Waals surface area contributed by atoms with E-state index in [2.05, 4.69) is 47.8 Å². The van der Waals surface area contributed by atoms with E-state index in [4.69, 9.17) is 14.5 Å². The second-order valence-corrected chi connectivity index (χ2v) is 7.55. The summed E-state index contributed by atoms with van der Waals surface area (Å²) in [5.74, 6) is 2.55. The highest BCUT2D eigenvalue weighted by atomic mass is 127. The molecule has 0 bridgehead atoms. The van der Waals surface area contributed by atoms with Gasteiger partial charge >= 0.3 is 0 Å². The molecule has 1 heterocycles. The second-order valence-electron chi connectivity index (χ2n) is 7.55. The molecule has 2 rings (SSSR count). The van der Waals surface area contributed by atoms with E-state index in [0.717, 1.165) is 68.8 Å². The van der Waals surface area contributed by atoms with Crippen LogP contribution in [0.3, 0.4) is 0 Å². The molecule has 30 heavy (non-hydrogen) atoms. The number of halogens is 1.